The monoisotopic (exact) mass is 432 g/mol. The third-order valence-electron chi connectivity index (χ3n) is 6.06. The van der Waals surface area contributed by atoms with Gasteiger partial charge in [0.1, 0.15) is 36.6 Å². The van der Waals surface area contributed by atoms with Gasteiger partial charge < -0.3 is 24.1 Å². The molecule has 1 aliphatic heterocycles. The lowest BCUT2D eigenvalue weighted by molar-refractivity contribution is -0.192. The lowest BCUT2D eigenvalue weighted by Gasteiger charge is -2.38. The second kappa shape index (κ2) is 9.94. The molecule has 2 aliphatic rings. The summed E-state index contributed by atoms with van der Waals surface area (Å²) < 4.78 is 24.7. The number of benzene rings is 3. The van der Waals surface area contributed by atoms with Crippen molar-refractivity contribution in [2.45, 2.75) is 56.4 Å². The van der Waals surface area contributed by atoms with Crippen molar-refractivity contribution in [2.75, 3.05) is 0 Å². The van der Waals surface area contributed by atoms with Gasteiger partial charge in [-0.15, -0.1) is 0 Å². The Balaban J connectivity index is 1.33. The van der Waals surface area contributed by atoms with E-state index in [0.717, 1.165) is 16.7 Å². The van der Waals surface area contributed by atoms with Crippen LogP contribution in [0.15, 0.2) is 91.0 Å². The molecule has 2 fully saturated rings. The van der Waals surface area contributed by atoms with Crippen LogP contribution >= 0.6 is 0 Å². The van der Waals surface area contributed by atoms with Gasteiger partial charge in [0.2, 0.25) is 0 Å². The highest BCUT2D eigenvalue weighted by Gasteiger charge is 2.62. The summed E-state index contributed by atoms with van der Waals surface area (Å²) in [5.74, 6) is 0. The van der Waals surface area contributed by atoms with Crippen LogP contribution in [0.1, 0.15) is 16.7 Å². The molecule has 3 aromatic carbocycles. The van der Waals surface area contributed by atoms with Crippen LogP contribution in [-0.2, 0) is 38.8 Å². The first-order valence-corrected chi connectivity index (χ1v) is 11.1. The maximum atomic E-state index is 10.9. The first-order valence-electron chi connectivity index (χ1n) is 11.1. The van der Waals surface area contributed by atoms with Gasteiger partial charge in [-0.3, -0.25) is 0 Å². The van der Waals surface area contributed by atoms with Gasteiger partial charge in [-0.25, -0.2) is 0 Å². The molecule has 0 radical (unpaired) electrons. The van der Waals surface area contributed by atoms with E-state index in [-0.39, 0.29) is 18.3 Å². The topological polar surface area (TPSA) is 60.5 Å². The van der Waals surface area contributed by atoms with Crippen molar-refractivity contribution < 1.29 is 24.1 Å². The fourth-order valence-corrected chi connectivity index (χ4v) is 4.30. The summed E-state index contributed by atoms with van der Waals surface area (Å²) in [7, 11) is 0. The van der Waals surface area contributed by atoms with E-state index in [4.69, 9.17) is 18.9 Å². The van der Waals surface area contributed by atoms with E-state index in [0.29, 0.717) is 19.8 Å². The zero-order valence-corrected chi connectivity index (χ0v) is 17.8. The molecule has 1 N–H and O–H groups in total. The van der Waals surface area contributed by atoms with E-state index in [1.165, 1.54) is 0 Å². The number of ether oxygens (including phenoxy) is 4. The normalized spacial score (nSPS) is 28.8. The average Bonchev–Trinajstić information content (AvgIpc) is 3.65. The van der Waals surface area contributed by atoms with E-state index in [9.17, 15) is 5.11 Å². The van der Waals surface area contributed by atoms with E-state index in [1.54, 1.807) is 0 Å². The smallest absolute Gasteiger partial charge is 0.116 e. The SMILES string of the molecule is O[C@@H]1[C@@H]2O[C@@H]2[C@@H](OCc2ccccc2)[C@H](OCc2ccccc2)[C@H]1OCc1ccccc1. The highest BCUT2D eigenvalue weighted by atomic mass is 16.7. The number of epoxide rings is 1. The summed E-state index contributed by atoms with van der Waals surface area (Å²) in [6.45, 7) is 1.24. The largest absolute Gasteiger partial charge is 0.387 e. The fraction of sp³-hybridized carbons (Fsp3) is 0.333. The molecule has 6 atom stereocenters. The Hall–Kier alpha value is -2.54. The van der Waals surface area contributed by atoms with E-state index >= 15 is 0 Å². The van der Waals surface area contributed by atoms with E-state index in [1.807, 2.05) is 91.0 Å². The van der Waals surface area contributed by atoms with Gasteiger partial charge in [-0.1, -0.05) is 91.0 Å². The number of hydrogen-bond donors (Lipinski definition) is 1. The Morgan fingerprint density at radius 2 is 0.938 bits per heavy atom. The molecule has 0 unspecified atom stereocenters. The van der Waals surface area contributed by atoms with Gasteiger partial charge >= 0.3 is 0 Å². The van der Waals surface area contributed by atoms with Gasteiger partial charge in [0.25, 0.3) is 0 Å². The molecule has 5 heteroatoms. The number of hydrogen-bond acceptors (Lipinski definition) is 5. The van der Waals surface area contributed by atoms with Crippen molar-refractivity contribution in [3.8, 4) is 0 Å². The Labute approximate surface area is 188 Å². The van der Waals surface area contributed by atoms with Crippen LogP contribution in [0.25, 0.3) is 0 Å². The number of aliphatic hydroxyl groups is 1. The summed E-state index contributed by atoms with van der Waals surface area (Å²) in [4.78, 5) is 0. The standard InChI is InChI=1S/C27H28O5/c28-22-23(29-16-19-10-4-1-5-11-19)25(30-17-20-12-6-2-7-13-20)26(27-24(22)32-27)31-18-21-14-8-3-9-15-21/h1-15,22-28H,16-18H2/t22-,23-,24-,25+,26-,27-/m0/s1. The zero-order valence-electron chi connectivity index (χ0n) is 17.8. The van der Waals surface area contributed by atoms with Crippen LogP contribution in [-0.4, -0.2) is 41.7 Å². The minimum atomic E-state index is -0.763. The van der Waals surface area contributed by atoms with Gasteiger partial charge in [0, 0.05) is 0 Å². The van der Waals surface area contributed by atoms with Crippen LogP contribution in [0.5, 0.6) is 0 Å². The minimum absolute atomic E-state index is 0.189. The average molecular weight is 433 g/mol. The highest BCUT2D eigenvalue weighted by molar-refractivity contribution is 5.17. The summed E-state index contributed by atoms with van der Waals surface area (Å²) in [6.07, 6.45) is -2.57. The highest BCUT2D eigenvalue weighted by Crippen LogP contribution is 2.42. The fourth-order valence-electron chi connectivity index (χ4n) is 4.30. The lowest BCUT2D eigenvalue weighted by Crippen LogP contribution is -2.56. The predicted molar refractivity (Wildman–Crippen MR) is 120 cm³/mol. The van der Waals surface area contributed by atoms with Gasteiger partial charge in [-0.05, 0) is 16.7 Å². The van der Waals surface area contributed by atoms with Gasteiger partial charge in [-0.2, -0.15) is 0 Å². The maximum absolute atomic E-state index is 10.9. The molecule has 0 aromatic heterocycles. The van der Waals surface area contributed by atoms with E-state index < -0.39 is 18.3 Å². The van der Waals surface area contributed by atoms with Crippen molar-refractivity contribution in [1.29, 1.82) is 0 Å². The van der Waals surface area contributed by atoms with Crippen LogP contribution in [0.3, 0.4) is 0 Å². The molecular weight excluding hydrogens is 404 g/mol. The molecule has 0 bridgehead atoms. The lowest BCUT2D eigenvalue weighted by atomic mass is 9.89. The molecule has 0 spiro atoms. The molecular formula is C27H28O5. The molecule has 5 nitrogen and oxygen atoms in total. The quantitative estimate of drug-likeness (QED) is 0.520. The molecule has 1 heterocycles. The van der Waals surface area contributed by atoms with Crippen LogP contribution in [0.4, 0.5) is 0 Å². The van der Waals surface area contributed by atoms with Crippen LogP contribution < -0.4 is 0 Å². The predicted octanol–water partition coefficient (Wildman–Crippen LogP) is 3.88. The Morgan fingerprint density at radius 1 is 0.531 bits per heavy atom. The third kappa shape index (κ3) is 4.93. The van der Waals surface area contributed by atoms with Gasteiger partial charge in [0.05, 0.1) is 19.8 Å². The zero-order chi connectivity index (χ0) is 21.8. The molecule has 1 saturated carbocycles. The van der Waals surface area contributed by atoms with E-state index in [2.05, 4.69) is 0 Å². The molecule has 32 heavy (non-hydrogen) atoms. The van der Waals surface area contributed by atoms with Crippen molar-refractivity contribution in [1.82, 2.24) is 0 Å². The van der Waals surface area contributed by atoms with Crippen molar-refractivity contribution in [3.05, 3.63) is 108 Å². The Kier molecular flexibility index (Phi) is 6.62. The molecule has 5 rings (SSSR count). The molecule has 1 saturated heterocycles. The molecule has 0 amide bonds. The molecule has 166 valence electrons. The van der Waals surface area contributed by atoms with Gasteiger partial charge in [0.15, 0.2) is 0 Å². The van der Waals surface area contributed by atoms with Crippen LogP contribution in [0.2, 0.25) is 0 Å². The number of aliphatic hydroxyl groups excluding tert-OH is 1. The third-order valence-corrected chi connectivity index (χ3v) is 6.06. The number of rotatable bonds is 9. The van der Waals surface area contributed by atoms with Crippen LogP contribution in [0, 0.1) is 0 Å². The molecule has 3 aromatic rings. The summed E-state index contributed by atoms with van der Waals surface area (Å²) in [5.41, 5.74) is 3.19. The first-order chi connectivity index (χ1) is 15.8. The first kappa shape index (κ1) is 21.3. The summed E-state index contributed by atoms with van der Waals surface area (Å²) in [6, 6.07) is 30.0. The minimum Gasteiger partial charge on any atom is -0.387 e. The number of fused-ring (bicyclic) bond motifs is 1. The molecule has 1 aliphatic carbocycles. The summed E-state index contributed by atoms with van der Waals surface area (Å²) in [5, 5.41) is 10.9. The Bertz CT molecular complexity index is 965. The Morgan fingerprint density at radius 3 is 1.41 bits per heavy atom. The maximum Gasteiger partial charge on any atom is 0.116 e. The second-order valence-corrected chi connectivity index (χ2v) is 8.34. The van der Waals surface area contributed by atoms with Crippen molar-refractivity contribution in [3.63, 3.8) is 0 Å². The van der Waals surface area contributed by atoms with Crippen molar-refractivity contribution in [2.24, 2.45) is 0 Å². The second-order valence-electron chi connectivity index (χ2n) is 8.34. The summed E-state index contributed by atoms with van der Waals surface area (Å²) >= 11 is 0. The van der Waals surface area contributed by atoms with Crippen molar-refractivity contribution >= 4 is 0 Å².